The number of aliphatic hydroxyl groups is 1. The maximum absolute atomic E-state index is 12.1. The Morgan fingerprint density at radius 1 is 1.36 bits per heavy atom. The van der Waals surface area contributed by atoms with Gasteiger partial charge in [-0.3, -0.25) is 9.59 Å². The molecule has 1 aliphatic rings. The Morgan fingerprint density at radius 3 is 2.71 bits per heavy atom. The zero-order chi connectivity index (χ0) is 20.6. The predicted molar refractivity (Wildman–Crippen MR) is 104 cm³/mol. The highest BCUT2D eigenvalue weighted by molar-refractivity contribution is 5.94. The molecule has 6 nitrogen and oxygen atoms in total. The average Bonchev–Trinajstić information content (AvgIpc) is 3.02. The summed E-state index contributed by atoms with van der Waals surface area (Å²) in [5.74, 6) is -0.433. The Hall–Kier alpha value is -2.34. The van der Waals surface area contributed by atoms with E-state index in [0.717, 1.165) is 27.6 Å². The molecule has 2 aromatic rings. The molecule has 28 heavy (non-hydrogen) atoms. The van der Waals surface area contributed by atoms with E-state index in [1.165, 1.54) is 0 Å². The van der Waals surface area contributed by atoms with E-state index in [1.54, 1.807) is 27.0 Å². The molecular weight excluding hydrogens is 360 g/mol. The van der Waals surface area contributed by atoms with Gasteiger partial charge in [-0.1, -0.05) is 27.7 Å². The van der Waals surface area contributed by atoms with Crippen molar-refractivity contribution in [1.29, 1.82) is 0 Å². The van der Waals surface area contributed by atoms with Gasteiger partial charge in [0.25, 0.3) is 0 Å². The first kappa shape index (κ1) is 20.4. The Kier molecular flexibility index (Phi) is 5.79. The maximum Gasteiger partial charge on any atom is 0.311 e. The minimum Gasteiger partial charge on any atom is -0.461 e. The molecule has 0 fully saturated rings. The van der Waals surface area contributed by atoms with Crippen LogP contribution in [0.25, 0.3) is 11.0 Å². The second kappa shape index (κ2) is 7.95. The third-order valence-corrected chi connectivity index (χ3v) is 5.30. The molecular formula is C22H28O6. The molecule has 2 atom stereocenters. The van der Waals surface area contributed by atoms with Crippen LogP contribution in [0.3, 0.4) is 0 Å². The molecule has 0 unspecified atom stereocenters. The summed E-state index contributed by atoms with van der Waals surface area (Å²) < 4.78 is 17.0. The van der Waals surface area contributed by atoms with Crippen LogP contribution < -0.4 is 4.74 Å². The smallest absolute Gasteiger partial charge is 0.311 e. The van der Waals surface area contributed by atoms with Crippen molar-refractivity contribution >= 4 is 22.9 Å². The van der Waals surface area contributed by atoms with Crippen molar-refractivity contribution in [3.63, 3.8) is 0 Å². The van der Waals surface area contributed by atoms with Crippen molar-refractivity contribution in [1.82, 2.24) is 0 Å². The fourth-order valence-electron chi connectivity index (χ4n) is 3.96. The molecule has 1 heterocycles. The lowest BCUT2D eigenvalue weighted by atomic mass is 9.78. The highest BCUT2D eigenvalue weighted by atomic mass is 16.5. The first-order chi connectivity index (χ1) is 13.2. The second-order valence-corrected chi connectivity index (χ2v) is 7.91. The fraction of sp³-hybridized carbons (Fsp3) is 0.545. The highest BCUT2D eigenvalue weighted by Crippen LogP contribution is 2.46. The first-order valence-electron chi connectivity index (χ1n) is 9.85. The summed E-state index contributed by atoms with van der Waals surface area (Å²) in [6.07, 6.45) is 2.30. The van der Waals surface area contributed by atoms with Crippen LogP contribution >= 0.6 is 0 Å². The Bertz CT molecular complexity index is 908. The number of benzene rings is 1. The minimum absolute atomic E-state index is 0.0317. The van der Waals surface area contributed by atoms with Crippen LogP contribution in [0.15, 0.2) is 10.7 Å². The lowest BCUT2D eigenvalue weighted by Gasteiger charge is -2.30. The van der Waals surface area contributed by atoms with Gasteiger partial charge in [-0.2, -0.15) is 0 Å². The van der Waals surface area contributed by atoms with E-state index in [1.807, 2.05) is 13.8 Å². The molecule has 0 saturated carbocycles. The molecule has 0 spiro atoms. The fourth-order valence-corrected chi connectivity index (χ4v) is 3.96. The van der Waals surface area contributed by atoms with Gasteiger partial charge in [-0.15, -0.1) is 0 Å². The zero-order valence-electron chi connectivity index (χ0n) is 17.1. The minimum atomic E-state index is -0.527. The molecule has 1 aromatic heterocycles. The summed E-state index contributed by atoms with van der Waals surface area (Å²) in [6.45, 7) is 9.39. The SMILES string of the molecule is CCC(=O)Oc1c2c(c(COC(=O)C(C)C)c3c(C)coc13)[C@@H](C)C[C@H](O)C2. The van der Waals surface area contributed by atoms with Gasteiger partial charge in [0, 0.05) is 29.4 Å². The van der Waals surface area contributed by atoms with Gasteiger partial charge < -0.3 is 19.0 Å². The average molecular weight is 388 g/mol. The highest BCUT2D eigenvalue weighted by Gasteiger charge is 2.33. The zero-order valence-corrected chi connectivity index (χ0v) is 17.1. The summed E-state index contributed by atoms with van der Waals surface area (Å²) >= 11 is 0. The van der Waals surface area contributed by atoms with Crippen LogP contribution in [-0.4, -0.2) is 23.1 Å². The van der Waals surface area contributed by atoms with E-state index in [9.17, 15) is 14.7 Å². The van der Waals surface area contributed by atoms with Crippen LogP contribution in [0.5, 0.6) is 5.75 Å². The topological polar surface area (TPSA) is 86.0 Å². The monoisotopic (exact) mass is 388 g/mol. The van der Waals surface area contributed by atoms with E-state index >= 15 is 0 Å². The summed E-state index contributed by atoms with van der Waals surface area (Å²) in [5.41, 5.74) is 3.99. The number of aliphatic hydroxyl groups excluding tert-OH is 1. The number of carbonyl (C=O) groups excluding carboxylic acids is 2. The lowest BCUT2D eigenvalue weighted by Crippen LogP contribution is -2.25. The summed E-state index contributed by atoms with van der Waals surface area (Å²) in [5, 5.41) is 11.2. The van der Waals surface area contributed by atoms with E-state index < -0.39 is 6.10 Å². The molecule has 1 N–H and O–H groups in total. The van der Waals surface area contributed by atoms with E-state index in [2.05, 4.69) is 0 Å². The van der Waals surface area contributed by atoms with Crippen molar-refractivity contribution in [3.05, 3.63) is 28.5 Å². The Labute approximate surface area is 164 Å². The molecule has 152 valence electrons. The van der Waals surface area contributed by atoms with Gasteiger partial charge in [0.2, 0.25) is 0 Å². The van der Waals surface area contributed by atoms with Crippen molar-refractivity contribution in [2.45, 2.75) is 72.5 Å². The summed E-state index contributed by atoms with van der Waals surface area (Å²) in [6, 6.07) is 0. The van der Waals surface area contributed by atoms with Crippen molar-refractivity contribution in [3.8, 4) is 5.75 Å². The summed E-state index contributed by atoms with van der Waals surface area (Å²) in [4.78, 5) is 24.1. The van der Waals surface area contributed by atoms with Crippen LogP contribution in [0.2, 0.25) is 0 Å². The third kappa shape index (κ3) is 3.65. The van der Waals surface area contributed by atoms with Crippen molar-refractivity contribution in [2.24, 2.45) is 5.92 Å². The third-order valence-electron chi connectivity index (χ3n) is 5.30. The summed E-state index contributed by atoms with van der Waals surface area (Å²) in [7, 11) is 0. The van der Waals surface area contributed by atoms with E-state index in [0.29, 0.717) is 24.2 Å². The van der Waals surface area contributed by atoms with Crippen LogP contribution in [0.4, 0.5) is 0 Å². The molecule has 0 bridgehead atoms. The van der Waals surface area contributed by atoms with Gasteiger partial charge in [-0.05, 0) is 30.4 Å². The molecule has 6 heteroatoms. The van der Waals surface area contributed by atoms with Crippen molar-refractivity contribution in [2.75, 3.05) is 0 Å². The largest absolute Gasteiger partial charge is 0.461 e. The number of ether oxygens (including phenoxy) is 2. The maximum atomic E-state index is 12.1. The predicted octanol–water partition coefficient (Wildman–Crippen LogP) is 4.17. The van der Waals surface area contributed by atoms with Gasteiger partial charge in [0.05, 0.1) is 18.3 Å². The molecule has 0 aliphatic heterocycles. The van der Waals surface area contributed by atoms with Crippen LogP contribution in [0, 0.1) is 12.8 Å². The molecule has 0 amide bonds. The van der Waals surface area contributed by atoms with E-state index in [4.69, 9.17) is 13.9 Å². The molecule has 3 rings (SSSR count). The number of aryl methyl sites for hydroxylation is 1. The van der Waals surface area contributed by atoms with Gasteiger partial charge >= 0.3 is 11.9 Å². The van der Waals surface area contributed by atoms with Gasteiger partial charge in [0.1, 0.15) is 6.61 Å². The number of esters is 2. The number of hydrogen-bond acceptors (Lipinski definition) is 6. The molecule has 0 saturated heterocycles. The number of fused-ring (bicyclic) bond motifs is 2. The quantitative estimate of drug-likeness (QED) is 0.611. The lowest BCUT2D eigenvalue weighted by molar-refractivity contribution is -0.148. The first-order valence-corrected chi connectivity index (χ1v) is 9.85. The number of rotatable bonds is 5. The second-order valence-electron chi connectivity index (χ2n) is 7.91. The van der Waals surface area contributed by atoms with Gasteiger partial charge in [-0.25, -0.2) is 0 Å². The standard InChI is InChI=1S/C22H28O6/c1-6-17(24)28-20-15-8-14(23)7-12(4)18(15)16(10-27-22(25)11(2)3)19-13(5)9-26-21(19)20/h9,11-12,14,23H,6-8,10H2,1-5H3/t12-,14-/m0/s1. The Balaban J connectivity index is 2.23. The molecule has 1 aliphatic carbocycles. The number of carbonyl (C=O) groups is 2. The normalized spacial score (nSPS) is 19.0. The Morgan fingerprint density at radius 2 is 2.07 bits per heavy atom. The molecule has 1 aromatic carbocycles. The molecule has 0 radical (unpaired) electrons. The number of hydrogen-bond donors (Lipinski definition) is 1. The van der Waals surface area contributed by atoms with Crippen molar-refractivity contribution < 1.29 is 28.6 Å². The van der Waals surface area contributed by atoms with Crippen LogP contribution in [-0.2, 0) is 27.4 Å². The van der Waals surface area contributed by atoms with Crippen LogP contribution in [0.1, 0.15) is 68.7 Å². The van der Waals surface area contributed by atoms with Gasteiger partial charge in [0.15, 0.2) is 11.3 Å². The number of furan rings is 1. The van der Waals surface area contributed by atoms with E-state index in [-0.39, 0.29) is 36.8 Å².